The zero-order valence-corrected chi connectivity index (χ0v) is 12.5. The fraction of sp³-hybridized carbons (Fsp3) is 0.125. The standard InChI is InChI=1S/C16H12ClFO2S/c17-11-4-6-12(7-5-11)21-9-14(19)15-8-10-2-1-3-13(18)16(10)20-15/h1-8,14,19H,9H2. The fourth-order valence-corrected chi connectivity index (χ4v) is 2.97. The molecule has 1 N–H and O–H groups in total. The molecule has 3 rings (SSSR count). The van der Waals surface area contributed by atoms with E-state index in [1.54, 1.807) is 30.3 Å². The maximum atomic E-state index is 13.6. The van der Waals surface area contributed by atoms with E-state index in [-0.39, 0.29) is 5.58 Å². The van der Waals surface area contributed by atoms with Gasteiger partial charge >= 0.3 is 0 Å². The summed E-state index contributed by atoms with van der Waals surface area (Å²) in [5, 5.41) is 11.5. The molecule has 0 bridgehead atoms. The first-order valence-corrected chi connectivity index (χ1v) is 7.74. The van der Waals surface area contributed by atoms with Crippen molar-refractivity contribution in [2.75, 3.05) is 5.75 Å². The van der Waals surface area contributed by atoms with Crippen molar-refractivity contribution in [1.82, 2.24) is 0 Å². The van der Waals surface area contributed by atoms with E-state index in [2.05, 4.69) is 0 Å². The minimum Gasteiger partial charge on any atom is -0.455 e. The zero-order chi connectivity index (χ0) is 14.8. The molecule has 0 aliphatic heterocycles. The number of thioether (sulfide) groups is 1. The normalized spacial score (nSPS) is 12.7. The molecule has 0 radical (unpaired) electrons. The van der Waals surface area contributed by atoms with Crippen LogP contribution in [0.15, 0.2) is 57.8 Å². The Morgan fingerprint density at radius 1 is 1.19 bits per heavy atom. The van der Waals surface area contributed by atoms with Crippen LogP contribution in [0.5, 0.6) is 0 Å². The molecular weight excluding hydrogens is 311 g/mol. The summed E-state index contributed by atoms with van der Waals surface area (Å²) in [4.78, 5) is 1.00. The summed E-state index contributed by atoms with van der Waals surface area (Å²) in [7, 11) is 0. The highest BCUT2D eigenvalue weighted by Gasteiger charge is 2.15. The number of furan rings is 1. The van der Waals surface area contributed by atoms with Gasteiger partial charge in [0.2, 0.25) is 0 Å². The van der Waals surface area contributed by atoms with Gasteiger partial charge in [-0.05, 0) is 36.4 Å². The quantitative estimate of drug-likeness (QED) is 0.682. The summed E-state index contributed by atoms with van der Waals surface area (Å²) in [5.74, 6) is 0.371. The summed E-state index contributed by atoms with van der Waals surface area (Å²) < 4.78 is 19.0. The van der Waals surface area contributed by atoms with E-state index in [0.29, 0.717) is 21.9 Å². The summed E-state index contributed by atoms with van der Waals surface area (Å²) in [6.07, 6.45) is -0.794. The fourth-order valence-electron chi connectivity index (χ4n) is 2.00. The second-order valence-corrected chi connectivity index (χ2v) is 6.12. The number of benzene rings is 2. The Bertz CT molecular complexity index is 755. The predicted molar refractivity (Wildman–Crippen MR) is 83.3 cm³/mol. The zero-order valence-electron chi connectivity index (χ0n) is 10.9. The molecule has 1 heterocycles. The van der Waals surface area contributed by atoms with E-state index in [0.717, 1.165) is 4.90 Å². The van der Waals surface area contributed by atoms with E-state index in [9.17, 15) is 9.50 Å². The number of para-hydroxylation sites is 1. The largest absolute Gasteiger partial charge is 0.455 e. The Morgan fingerprint density at radius 2 is 1.95 bits per heavy atom. The van der Waals surface area contributed by atoms with Gasteiger partial charge in [-0.2, -0.15) is 0 Å². The maximum Gasteiger partial charge on any atom is 0.170 e. The van der Waals surface area contributed by atoms with Gasteiger partial charge in [0.15, 0.2) is 11.4 Å². The maximum absolute atomic E-state index is 13.6. The van der Waals surface area contributed by atoms with Crippen molar-refractivity contribution in [3.05, 3.63) is 65.1 Å². The molecule has 0 saturated carbocycles. The summed E-state index contributed by atoms with van der Waals surface area (Å²) in [5.41, 5.74) is 0.183. The number of fused-ring (bicyclic) bond motifs is 1. The van der Waals surface area contributed by atoms with Crippen molar-refractivity contribution in [2.24, 2.45) is 0 Å². The Kier molecular flexibility index (Phi) is 4.19. The lowest BCUT2D eigenvalue weighted by atomic mass is 10.2. The van der Waals surface area contributed by atoms with Gasteiger partial charge in [0, 0.05) is 21.1 Å². The summed E-state index contributed by atoms with van der Waals surface area (Å²) in [6, 6.07) is 13.8. The Balaban J connectivity index is 1.73. The second-order valence-electron chi connectivity index (χ2n) is 4.59. The summed E-state index contributed by atoms with van der Waals surface area (Å²) >= 11 is 7.30. The summed E-state index contributed by atoms with van der Waals surface area (Å²) in [6.45, 7) is 0. The highest BCUT2D eigenvalue weighted by atomic mass is 35.5. The van der Waals surface area contributed by atoms with Gasteiger partial charge in [-0.3, -0.25) is 0 Å². The lowest BCUT2D eigenvalue weighted by molar-refractivity contribution is 0.176. The average molecular weight is 323 g/mol. The van der Waals surface area contributed by atoms with Gasteiger partial charge in [0.25, 0.3) is 0 Å². The van der Waals surface area contributed by atoms with E-state index in [1.807, 2.05) is 12.1 Å². The topological polar surface area (TPSA) is 33.4 Å². The van der Waals surface area contributed by atoms with Crippen LogP contribution >= 0.6 is 23.4 Å². The molecule has 0 fully saturated rings. The number of hydrogen-bond acceptors (Lipinski definition) is 3. The number of aliphatic hydroxyl groups excluding tert-OH is 1. The third-order valence-electron chi connectivity index (χ3n) is 3.07. The van der Waals surface area contributed by atoms with Crippen LogP contribution in [-0.4, -0.2) is 10.9 Å². The number of halogens is 2. The van der Waals surface area contributed by atoms with Crippen molar-refractivity contribution in [2.45, 2.75) is 11.0 Å². The third-order valence-corrected chi connectivity index (χ3v) is 4.40. The second kappa shape index (κ2) is 6.10. The number of aliphatic hydroxyl groups is 1. The molecule has 0 aliphatic carbocycles. The average Bonchev–Trinajstić information content (AvgIpc) is 2.92. The van der Waals surface area contributed by atoms with Crippen molar-refractivity contribution >= 4 is 34.3 Å². The smallest absolute Gasteiger partial charge is 0.170 e. The van der Waals surface area contributed by atoms with Gasteiger partial charge in [0.1, 0.15) is 11.9 Å². The van der Waals surface area contributed by atoms with Crippen LogP contribution in [-0.2, 0) is 0 Å². The van der Waals surface area contributed by atoms with E-state index in [4.69, 9.17) is 16.0 Å². The molecule has 0 aliphatic rings. The van der Waals surface area contributed by atoms with E-state index in [1.165, 1.54) is 17.8 Å². The minimum atomic E-state index is -0.794. The van der Waals surface area contributed by atoms with Crippen LogP contribution in [0.2, 0.25) is 5.02 Å². The lowest BCUT2D eigenvalue weighted by Gasteiger charge is -2.07. The molecule has 0 spiro atoms. The molecule has 1 unspecified atom stereocenters. The first-order chi connectivity index (χ1) is 10.1. The predicted octanol–water partition coefficient (Wildman–Crippen LogP) is 5.05. The van der Waals surface area contributed by atoms with Crippen LogP contribution in [0.3, 0.4) is 0 Å². The molecule has 5 heteroatoms. The molecule has 0 saturated heterocycles. The first kappa shape index (κ1) is 14.4. The Morgan fingerprint density at radius 3 is 2.67 bits per heavy atom. The number of rotatable bonds is 4. The van der Waals surface area contributed by atoms with Gasteiger partial charge < -0.3 is 9.52 Å². The molecule has 108 valence electrons. The SMILES string of the molecule is OC(CSc1ccc(Cl)cc1)c1cc2cccc(F)c2o1. The van der Waals surface area contributed by atoms with Crippen LogP contribution in [0.25, 0.3) is 11.0 Å². The molecule has 1 atom stereocenters. The van der Waals surface area contributed by atoms with Crippen LogP contribution in [0, 0.1) is 5.82 Å². The van der Waals surface area contributed by atoms with Crippen molar-refractivity contribution in [3.8, 4) is 0 Å². The van der Waals surface area contributed by atoms with Crippen LogP contribution in [0.1, 0.15) is 11.9 Å². The Labute approximate surface area is 130 Å². The third kappa shape index (κ3) is 3.23. The van der Waals surface area contributed by atoms with Crippen LogP contribution in [0.4, 0.5) is 4.39 Å². The highest BCUT2D eigenvalue weighted by molar-refractivity contribution is 7.99. The molecule has 0 amide bonds. The van der Waals surface area contributed by atoms with E-state index >= 15 is 0 Å². The highest BCUT2D eigenvalue weighted by Crippen LogP contribution is 2.30. The molecule has 2 nitrogen and oxygen atoms in total. The molecular formula is C16H12ClFO2S. The molecule has 1 aromatic heterocycles. The van der Waals surface area contributed by atoms with E-state index < -0.39 is 11.9 Å². The van der Waals surface area contributed by atoms with Crippen molar-refractivity contribution in [3.63, 3.8) is 0 Å². The lowest BCUT2D eigenvalue weighted by Crippen LogP contribution is -1.98. The van der Waals surface area contributed by atoms with Crippen LogP contribution < -0.4 is 0 Å². The van der Waals surface area contributed by atoms with Gasteiger partial charge in [-0.25, -0.2) is 4.39 Å². The first-order valence-electron chi connectivity index (χ1n) is 6.38. The molecule has 3 aromatic rings. The number of hydrogen-bond donors (Lipinski definition) is 1. The van der Waals surface area contributed by atoms with Gasteiger partial charge in [-0.1, -0.05) is 23.7 Å². The molecule has 21 heavy (non-hydrogen) atoms. The Hall–Kier alpha value is -1.49. The monoisotopic (exact) mass is 322 g/mol. The van der Waals surface area contributed by atoms with Crippen molar-refractivity contribution < 1.29 is 13.9 Å². The van der Waals surface area contributed by atoms with Gasteiger partial charge in [0.05, 0.1) is 0 Å². The minimum absolute atomic E-state index is 0.183. The molecule has 2 aromatic carbocycles. The van der Waals surface area contributed by atoms with Gasteiger partial charge in [-0.15, -0.1) is 11.8 Å². The van der Waals surface area contributed by atoms with Crippen molar-refractivity contribution in [1.29, 1.82) is 0 Å².